The van der Waals surface area contributed by atoms with Crippen molar-refractivity contribution in [3.63, 3.8) is 0 Å². The zero-order valence-electron chi connectivity index (χ0n) is 8.47. The maximum atomic E-state index is 11.1. The van der Waals surface area contributed by atoms with Gasteiger partial charge in [-0.1, -0.05) is 12.0 Å². The SMILES string of the molecule is CCC(=O)Oc1cncc(C)c1N=[N+]=[N-]. The molecule has 0 radical (unpaired) electrons. The molecule has 1 rings (SSSR count). The highest BCUT2D eigenvalue weighted by molar-refractivity contribution is 5.74. The van der Waals surface area contributed by atoms with Gasteiger partial charge in [-0.3, -0.25) is 9.78 Å². The number of hydrogen-bond acceptors (Lipinski definition) is 4. The predicted molar refractivity (Wildman–Crippen MR) is 53.7 cm³/mol. The second kappa shape index (κ2) is 4.97. The first-order valence-electron chi connectivity index (χ1n) is 4.39. The zero-order chi connectivity index (χ0) is 11.3. The summed E-state index contributed by atoms with van der Waals surface area (Å²) in [5.41, 5.74) is 9.32. The summed E-state index contributed by atoms with van der Waals surface area (Å²) in [6.45, 7) is 3.40. The van der Waals surface area contributed by atoms with Gasteiger partial charge in [-0.2, -0.15) is 0 Å². The highest BCUT2D eigenvalue weighted by atomic mass is 16.5. The highest BCUT2D eigenvalue weighted by Crippen LogP contribution is 2.30. The Bertz CT molecular complexity index is 424. The zero-order valence-corrected chi connectivity index (χ0v) is 8.47. The van der Waals surface area contributed by atoms with E-state index in [1.807, 2.05) is 0 Å². The van der Waals surface area contributed by atoms with E-state index in [0.29, 0.717) is 11.3 Å². The molecule has 1 heterocycles. The molecule has 0 aliphatic carbocycles. The third-order valence-corrected chi connectivity index (χ3v) is 1.72. The number of azide groups is 1. The number of esters is 1. The molecule has 1 aromatic rings. The van der Waals surface area contributed by atoms with Gasteiger partial charge in [-0.05, 0) is 18.0 Å². The number of aryl methyl sites for hydroxylation is 1. The molecule has 6 heteroatoms. The van der Waals surface area contributed by atoms with Crippen molar-refractivity contribution >= 4 is 11.7 Å². The van der Waals surface area contributed by atoms with Gasteiger partial charge in [0.15, 0.2) is 5.75 Å². The Labute approximate surface area is 86.5 Å². The van der Waals surface area contributed by atoms with Gasteiger partial charge in [0.1, 0.15) is 0 Å². The lowest BCUT2D eigenvalue weighted by Crippen LogP contribution is -2.06. The van der Waals surface area contributed by atoms with Gasteiger partial charge in [0, 0.05) is 17.5 Å². The summed E-state index contributed by atoms with van der Waals surface area (Å²) in [7, 11) is 0. The largest absolute Gasteiger partial charge is 0.424 e. The molecule has 15 heavy (non-hydrogen) atoms. The summed E-state index contributed by atoms with van der Waals surface area (Å²) in [4.78, 5) is 17.6. The van der Waals surface area contributed by atoms with Crippen LogP contribution < -0.4 is 4.74 Å². The highest BCUT2D eigenvalue weighted by Gasteiger charge is 2.09. The molecule has 0 fully saturated rings. The van der Waals surface area contributed by atoms with Crippen molar-refractivity contribution in [2.24, 2.45) is 5.11 Å². The minimum absolute atomic E-state index is 0.194. The lowest BCUT2D eigenvalue weighted by Gasteiger charge is -2.06. The lowest BCUT2D eigenvalue weighted by atomic mass is 10.2. The fourth-order valence-electron chi connectivity index (χ4n) is 0.976. The fourth-order valence-corrected chi connectivity index (χ4v) is 0.976. The van der Waals surface area contributed by atoms with Crippen molar-refractivity contribution in [1.82, 2.24) is 4.98 Å². The van der Waals surface area contributed by atoms with Crippen LogP contribution in [0.3, 0.4) is 0 Å². The smallest absolute Gasteiger partial charge is 0.310 e. The van der Waals surface area contributed by atoms with Crippen LogP contribution in [0, 0.1) is 6.92 Å². The molecule has 0 saturated heterocycles. The van der Waals surface area contributed by atoms with Crippen molar-refractivity contribution in [3.05, 3.63) is 28.4 Å². The second-order valence-electron chi connectivity index (χ2n) is 2.82. The van der Waals surface area contributed by atoms with Gasteiger partial charge in [0.2, 0.25) is 0 Å². The Balaban J connectivity index is 3.11. The summed E-state index contributed by atoms with van der Waals surface area (Å²) in [6.07, 6.45) is 3.14. The number of ether oxygens (including phenoxy) is 1. The van der Waals surface area contributed by atoms with E-state index in [1.165, 1.54) is 12.4 Å². The lowest BCUT2D eigenvalue weighted by molar-refractivity contribution is -0.134. The van der Waals surface area contributed by atoms with Gasteiger partial charge in [0.05, 0.1) is 11.9 Å². The topological polar surface area (TPSA) is 88.0 Å². The van der Waals surface area contributed by atoms with Gasteiger partial charge in [-0.15, -0.1) is 0 Å². The third kappa shape index (κ3) is 2.69. The Hall–Kier alpha value is -2.07. The van der Waals surface area contributed by atoms with Crippen LogP contribution in [0.1, 0.15) is 18.9 Å². The normalized spacial score (nSPS) is 9.20. The van der Waals surface area contributed by atoms with Crippen LogP contribution in [0.4, 0.5) is 5.69 Å². The molecule has 0 atom stereocenters. The number of carbonyl (C=O) groups is 1. The number of nitrogens with zero attached hydrogens (tertiary/aromatic N) is 4. The fraction of sp³-hybridized carbons (Fsp3) is 0.333. The number of aromatic nitrogens is 1. The molecular weight excluding hydrogens is 196 g/mol. The van der Waals surface area contributed by atoms with E-state index < -0.39 is 5.97 Å². The van der Waals surface area contributed by atoms with Crippen LogP contribution in [0.25, 0.3) is 10.4 Å². The monoisotopic (exact) mass is 206 g/mol. The van der Waals surface area contributed by atoms with Crippen LogP contribution in [0.15, 0.2) is 17.5 Å². The molecule has 0 unspecified atom stereocenters. The molecule has 0 aliphatic rings. The van der Waals surface area contributed by atoms with E-state index in [4.69, 9.17) is 10.3 Å². The van der Waals surface area contributed by atoms with E-state index in [1.54, 1.807) is 13.8 Å². The van der Waals surface area contributed by atoms with Gasteiger partial charge in [0.25, 0.3) is 0 Å². The number of hydrogen-bond donors (Lipinski definition) is 0. The molecule has 0 aliphatic heterocycles. The molecule has 0 saturated carbocycles. The summed E-state index contributed by atoms with van der Waals surface area (Å²) >= 11 is 0. The van der Waals surface area contributed by atoms with Crippen LogP contribution >= 0.6 is 0 Å². The molecular formula is C9H10N4O2. The standard InChI is InChI=1S/C9H10N4O2/c1-3-8(14)15-7-5-11-4-6(2)9(7)12-13-10/h4-5H,3H2,1-2H3. The molecule has 0 N–H and O–H groups in total. The van der Waals surface area contributed by atoms with E-state index in [0.717, 1.165) is 0 Å². The Morgan fingerprint density at radius 1 is 1.67 bits per heavy atom. The summed E-state index contributed by atoms with van der Waals surface area (Å²) < 4.78 is 4.96. The Kier molecular flexibility index (Phi) is 3.65. The van der Waals surface area contributed by atoms with Gasteiger partial charge in [-0.25, -0.2) is 0 Å². The second-order valence-corrected chi connectivity index (χ2v) is 2.82. The minimum Gasteiger partial charge on any atom is -0.424 e. The van der Waals surface area contributed by atoms with Crippen LogP contribution in [0.5, 0.6) is 5.75 Å². The molecule has 0 bridgehead atoms. The van der Waals surface area contributed by atoms with E-state index >= 15 is 0 Å². The molecule has 0 amide bonds. The molecule has 1 aromatic heterocycles. The van der Waals surface area contributed by atoms with Crippen molar-refractivity contribution in [2.45, 2.75) is 20.3 Å². The van der Waals surface area contributed by atoms with E-state index in [-0.39, 0.29) is 12.2 Å². The molecule has 0 aromatic carbocycles. The van der Waals surface area contributed by atoms with E-state index in [9.17, 15) is 4.79 Å². The first-order chi connectivity index (χ1) is 7.19. The average Bonchev–Trinajstić information content (AvgIpc) is 2.23. The van der Waals surface area contributed by atoms with Crippen LogP contribution in [0.2, 0.25) is 0 Å². The van der Waals surface area contributed by atoms with Crippen molar-refractivity contribution in [2.75, 3.05) is 0 Å². The minimum atomic E-state index is -0.392. The van der Waals surface area contributed by atoms with Crippen molar-refractivity contribution in [3.8, 4) is 5.75 Å². The van der Waals surface area contributed by atoms with E-state index in [2.05, 4.69) is 15.0 Å². The summed E-state index contributed by atoms with van der Waals surface area (Å²) in [6, 6.07) is 0. The quantitative estimate of drug-likeness (QED) is 0.329. The first-order valence-corrected chi connectivity index (χ1v) is 4.39. The molecule has 0 spiro atoms. The van der Waals surface area contributed by atoms with Crippen molar-refractivity contribution < 1.29 is 9.53 Å². The van der Waals surface area contributed by atoms with Gasteiger partial charge >= 0.3 is 5.97 Å². The summed E-state index contributed by atoms with van der Waals surface area (Å²) in [5, 5.41) is 3.46. The number of rotatable bonds is 3. The van der Waals surface area contributed by atoms with Gasteiger partial charge < -0.3 is 4.74 Å². The Morgan fingerprint density at radius 2 is 2.40 bits per heavy atom. The molecule has 78 valence electrons. The third-order valence-electron chi connectivity index (χ3n) is 1.72. The first kappa shape index (κ1) is 11.0. The summed E-state index contributed by atoms with van der Waals surface area (Å²) in [5.74, 6) is -0.198. The average molecular weight is 206 g/mol. The van der Waals surface area contributed by atoms with Crippen molar-refractivity contribution in [1.29, 1.82) is 0 Å². The molecule has 6 nitrogen and oxygen atoms in total. The number of pyridine rings is 1. The van der Waals surface area contributed by atoms with Crippen LogP contribution in [-0.4, -0.2) is 11.0 Å². The van der Waals surface area contributed by atoms with Crippen LogP contribution in [-0.2, 0) is 4.79 Å². The predicted octanol–water partition coefficient (Wildman–Crippen LogP) is 2.65. The Morgan fingerprint density at radius 3 is 3.00 bits per heavy atom. The maximum absolute atomic E-state index is 11.1. The maximum Gasteiger partial charge on any atom is 0.310 e. The number of carbonyl (C=O) groups excluding carboxylic acids is 1.